The first kappa shape index (κ1) is 17.5. The predicted molar refractivity (Wildman–Crippen MR) is 104 cm³/mol. The van der Waals surface area contributed by atoms with Crippen LogP contribution in [0.5, 0.6) is 0 Å². The largest absolute Gasteiger partial charge is 0.299 e. The molecule has 0 bridgehead atoms. The van der Waals surface area contributed by atoms with Gasteiger partial charge in [-0.1, -0.05) is 61.5 Å². The van der Waals surface area contributed by atoms with Gasteiger partial charge in [0.25, 0.3) is 0 Å². The lowest BCUT2D eigenvalue weighted by Gasteiger charge is -2.21. The summed E-state index contributed by atoms with van der Waals surface area (Å²) in [5.74, 6) is 0.603. The van der Waals surface area contributed by atoms with Crippen molar-refractivity contribution in [3.05, 3.63) is 71.3 Å². The highest BCUT2D eigenvalue weighted by Crippen LogP contribution is 2.45. The fourth-order valence-electron chi connectivity index (χ4n) is 3.37. The van der Waals surface area contributed by atoms with Crippen LogP contribution >= 0.6 is 11.6 Å². The van der Waals surface area contributed by atoms with Gasteiger partial charge in [-0.25, -0.2) is 0 Å². The number of alkyl halides is 1. The van der Waals surface area contributed by atoms with Crippen LogP contribution in [-0.4, -0.2) is 23.4 Å². The van der Waals surface area contributed by atoms with Gasteiger partial charge in [-0.05, 0) is 55.5 Å². The molecule has 1 aliphatic rings. The normalized spacial score (nSPS) is 19.6. The second-order valence-electron chi connectivity index (χ2n) is 6.97. The van der Waals surface area contributed by atoms with Crippen LogP contribution < -0.4 is 0 Å². The number of nitrogens with zero attached hydrogens (tertiary/aromatic N) is 1. The van der Waals surface area contributed by atoms with Crippen molar-refractivity contribution in [3.8, 4) is 0 Å². The topological polar surface area (TPSA) is 3.24 Å². The summed E-state index contributed by atoms with van der Waals surface area (Å²) in [5.41, 5.74) is 4.27. The van der Waals surface area contributed by atoms with Gasteiger partial charge in [0.1, 0.15) is 0 Å². The van der Waals surface area contributed by atoms with Crippen molar-refractivity contribution >= 4 is 11.6 Å². The minimum absolute atomic E-state index is 0.372. The molecule has 1 nitrogen and oxygen atoms in total. The summed E-state index contributed by atoms with van der Waals surface area (Å²) in [6.07, 6.45) is 4.73. The molecule has 0 aromatic heterocycles. The lowest BCUT2D eigenvalue weighted by molar-refractivity contribution is 0.262. The molecule has 2 atom stereocenters. The Labute approximate surface area is 151 Å². The fraction of sp³-hybridized carbons (Fsp3) is 0.455. The monoisotopic (exact) mass is 341 g/mol. The van der Waals surface area contributed by atoms with Crippen LogP contribution in [0, 0.1) is 0 Å². The van der Waals surface area contributed by atoms with Gasteiger partial charge in [-0.3, -0.25) is 4.90 Å². The molecule has 0 aliphatic heterocycles. The van der Waals surface area contributed by atoms with Gasteiger partial charge in [0, 0.05) is 17.8 Å². The van der Waals surface area contributed by atoms with Crippen LogP contribution in [0.3, 0.4) is 0 Å². The minimum atomic E-state index is 0.372. The Morgan fingerprint density at radius 1 is 0.958 bits per heavy atom. The highest BCUT2D eigenvalue weighted by Gasteiger charge is 2.36. The van der Waals surface area contributed by atoms with E-state index in [4.69, 9.17) is 11.6 Å². The van der Waals surface area contributed by atoms with Gasteiger partial charge in [-0.2, -0.15) is 0 Å². The van der Waals surface area contributed by atoms with Gasteiger partial charge in [0.05, 0.1) is 0 Å². The zero-order valence-corrected chi connectivity index (χ0v) is 15.4. The number of hydrogen-bond acceptors (Lipinski definition) is 1. The molecule has 1 aliphatic carbocycles. The molecule has 0 spiro atoms. The van der Waals surface area contributed by atoms with E-state index >= 15 is 0 Å². The van der Waals surface area contributed by atoms with E-state index in [2.05, 4.69) is 66.4 Å². The Kier molecular flexibility index (Phi) is 6.34. The molecular weight excluding hydrogens is 314 g/mol. The van der Waals surface area contributed by atoms with Crippen molar-refractivity contribution < 1.29 is 0 Å². The van der Waals surface area contributed by atoms with Gasteiger partial charge in [0.15, 0.2) is 0 Å². The van der Waals surface area contributed by atoms with Crippen LogP contribution in [0.4, 0.5) is 0 Å². The number of benzene rings is 2. The molecular formula is C22H28ClN. The second kappa shape index (κ2) is 8.69. The average molecular weight is 342 g/mol. The predicted octanol–water partition coefficient (Wildman–Crippen LogP) is 5.63. The maximum atomic E-state index is 6.14. The lowest BCUT2D eigenvalue weighted by Crippen LogP contribution is -2.25. The molecule has 0 amide bonds. The van der Waals surface area contributed by atoms with Crippen molar-refractivity contribution in [1.29, 1.82) is 0 Å². The molecule has 2 heteroatoms. The average Bonchev–Trinajstić information content (AvgIpc) is 3.33. The van der Waals surface area contributed by atoms with Crippen molar-refractivity contribution in [2.75, 3.05) is 13.1 Å². The first-order valence-corrected chi connectivity index (χ1v) is 9.69. The summed E-state index contributed by atoms with van der Waals surface area (Å²) in [6, 6.07) is 19.9. The smallest absolute Gasteiger partial charge is 0.0411 e. The molecule has 1 saturated carbocycles. The first-order chi connectivity index (χ1) is 11.8. The third-order valence-electron chi connectivity index (χ3n) is 4.85. The minimum Gasteiger partial charge on any atom is -0.299 e. The summed E-state index contributed by atoms with van der Waals surface area (Å²) >= 11 is 6.14. The highest BCUT2D eigenvalue weighted by atomic mass is 35.5. The van der Waals surface area contributed by atoms with Gasteiger partial charge < -0.3 is 0 Å². The highest BCUT2D eigenvalue weighted by molar-refractivity contribution is 6.23. The Hall–Kier alpha value is -1.31. The van der Waals surface area contributed by atoms with E-state index in [9.17, 15) is 0 Å². The maximum Gasteiger partial charge on any atom is 0.0411 e. The van der Waals surface area contributed by atoms with Crippen LogP contribution in [0.25, 0.3) is 0 Å². The molecule has 0 N–H and O–H groups in total. The summed E-state index contributed by atoms with van der Waals surface area (Å²) in [4.78, 5) is 2.58. The third kappa shape index (κ3) is 5.09. The first-order valence-electron chi connectivity index (χ1n) is 9.25. The molecule has 1 fully saturated rings. The third-order valence-corrected chi connectivity index (χ3v) is 5.33. The van der Waals surface area contributed by atoms with E-state index in [1.807, 2.05) is 0 Å². The quantitative estimate of drug-likeness (QED) is 0.534. The second-order valence-corrected chi connectivity index (χ2v) is 7.53. The maximum absolute atomic E-state index is 6.14. The Bertz CT molecular complexity index is 608. The van der Waals surface area contributed by atoms with E-state index in [0.29, 0.717) is 11.3 Å². The molecule has 3 rings (SSSR count). The van der Waals surface area contributed by atoms with E-state index in [0.717, 1.165) is 25.9 Å². The van der Waals surface area contributed by atoms with Crippen LogP contribution in [0.2, 0.25) is 0 Å². The summed E-state index contributed by atoms with van der Waals surface area (Å²) < 4.78 is 0. The summed E-state index contributed by atoms with van der Waals surface area (Å²) in [7, 11) is 0. The van der Waals surface area contributed by atoms with E-state index < -0.39 is 0 Å². The zero-order valence-electron chi connectivity index (χ0n) is 14.6. The number of halogens is 1. The molecule has 24 heavy (non-hydrogen) atoms. The lowest BCUT2D eigenvalue weighted by atomic mass is 10.0. The van der Waals surface area contributed by atoms with Gasteiger partial charge in [0.2, 0.25) is 0 Å². The van der Waals surface area contributed by atoms with E-state index in [1.165, 1.54) is 36.1 Å². The van der Waals surface area contributed by atoms with Crippen LogP contribution in [-0.2, 0) is 13.0 Å². The Morgan fingerprint density at radius 2 is 1.67 bits per heavy atom. The standard InChI is InChI=1S/C22H28ClN/c1-2-14-24(17-19-7-4-3-5-8-19)15-6-9-18-10-12-20(13-11-18)21-16-22(21)23/h3-5,7-8,10-13,21-22H,2,6,9,14-17H2,1H3. The summed E-state index contributed by atoms with van der Waals surface area (Å²) in [5, 5.41) is 0.372. The SMILES string of the molecule is CCCN(CCCc1ccc(C2CC2Cl)cc1)Cc1ccccc1. The van der Waals surface area contributed by atoms with Gasteiger partial charge >= 0.3 is 0 Å². The Balaban J connectivity index is 1.46. The van der Waals surface area contributed by atoms with Crippen molar-refractivity contribution in [2.24, 2.45) is 0 Å². The van der Waals surface area contributed by atoms with E-state index in [-0.39, 0.29) is 0 Å². The molecule has 128 valence electrons. The molecule has 2 aromatic rings. The van der Waals surface area contributed by atoms with Gasteiger partial charge in [-0.15, -0.1) is 11.6 Å². The molecule has 0 radical (unpaired) electrons. The van der Waals surface area contributed by atoms with Crippen molar-refractivity contribution in [1.82, 2.24) is 4.90 Å². The fourth-order valence-corrected chi connectivity index (χ4v) is 3.71. The van der Waals surface area contributed by atoms with Crippen molar-refractivity contribution in [2.45, 2.75) is 50.4 Å². The number of rotatable bonds is 9. The molecule has 0 heterocycles. The van der Waals surface area contributed by atoms with Crippen LogP contribution in [0.15, 0.2) is 54.6 Å². The van der Waals surface area contributed by atoms with E-state index in [1.54, 1.807) is 0 Å². The number of aryl methyl sites for hydroxylation is 1. The molecule has 2 unspecified atom stereocenters. The van der Waals surface area contributed by atoms with Crippen LogP contribution in [0.1, 0.15) is 48.8 Å². The number of hydrogen-bond donors (Lipinski definition) is 0. The van der Waals surface area contributed by atoms with Crippen molar-refractivity contribution in [3.63, 3.8) is 0 Å². The molecule has 2 aromatic carbocycles. The molecule has 0 saturated heterocycles. The summed E-state index contributed by atoms with van der Waals surface area (Å²) in [6.45, 7) is 5.66. The Morgan fingerprint density at radius 3 is 2.29 bits per heavy atom. The zero-order chi connectivity index (χ0) is 16.8.